The molecule has 10 atom stereocenters. The summed E-state index contributed by atoms with van der Waals surface area (Å²) in [5.74, 6) is -6.16. The van der Waals surface area contributed by atoms with Crippen molar-refractivity contribution in [2.45, 2.75) is 109 Å². The fraction of sp³-hybridized carbons (Fsp3) is 0.588. The topological polar surface area (TPSA) is 223 Å². The number of hydrogen-bond donors (Lipinski definition) is 0. The van der Waals surface area contributed by atoms with Crippen LogP contribution < -0.4 is 0 Å². The summed E-state index contributed by atoms with van der Waals surface area (Å²) in [4.78, 5) is 102. The molecule has 3 heterocycles. The van der Waals surface area contributed by atoms with Gasteiger partial charge < -0.3 is 42.6 Å². The lowest BCUT2D eigenvalue weighted by Crippen LogP contribution is -2.69. The van der Waals surface area contributed by atoms with Crippen molar-refractivity contribution in [3.8, 4) is 0 Å². The first-order valence-electron chi connectivity index (χ1n) is 16.5. The number of carbonyl (C=O) groups excluding carboxylic acids is 8. The average molecular weight is 768 g/mol. The van der Waals surface area contributed by atoms with Gasteiger partial charge >= 0.3 is 35.8 Å². The van der Waals surface area contributed by atoms with E-state index in [9.17, 15) is 38.4 Å². The maximum atomic E-state index is 14.0. The highest BCUT2D eigenvalue weighted by atomic mass is 32.2. The minimum atomic E-state index is -1.82. The van der Waals surface area contributed by atoms with Gasteiger partial charge in [0.25, 0.3) is 11.8 Å². The zero-order chi connectivity index (χ0) is 39.1. The monoisotopic (exact) mass is 767 g/mol. The van der Waals surface area contributed by atoms with Crippen LogP contribution in [0.3, 0.4) is 0 Å². The van der Waals surface area contributed by atoms with E-state index in [1.54, 1.807) is 6.92 Å². The summed E-state index contributed by atoms with van der Waals surface area (Å²) in [6.45, 7) is 7.34. The number of esters is 6. The maximum Gasteiger partial charge on any atom is 0.303 e. The second kappa shape index (κ2) is 18.0. The predicted octanol–water partition coefficient (Wildman–Crippen LogP) is 1.09. The summed E-state index contributed by atoms with van der Waals surface area (Å²) in [6.07, 6.45) is -12.1. The molecule has 3 aliphatic heterocycles. The molecule has 290 valence electrons. The zero-order valence-corrected chi connectivity index (χ0v) is 30.8. The van der Waals surface area contributed by atoms with Crippen LogP contribution in [-0.4, -0.2) is 132 Å². The van der Waals surface area contributed by atoms with Gasteiger partial charge in [-0.1, -0.05) is 19.1 Å². The smallest absolute Gasteiger partial charge is 0.303 e. The number of thioether (sulfide) groups is 1. The Balaban J connectivity index is 1.90. The predicted molar refractivity (Wildman–Crippen MR) is 177 cm³/mol. The van der Waals surface area contributed by atoms with Crippen LogP contribution in [0, 0.1) is 0 Å². The van der Waals surface area contributed by atoms with Crippen molar-refractivity contribution in [1.82, 2.24) is 4.90 Å². The van der Waals surface area contributed by atoms with Crippen LogP contribution in [0.5, 0.6) is 0 Å². The summed E-state index contributed by atoms with van der Waals surface area (Å²) >= 11 is 1.15. The Labute approximate surface area is 308 Å². The van der Waals surface area contributed by atoms with Gasteiger partial charge in [-0.05, 0) is 17.9 Å². The maximum absolute atomic E-state index is 14.0. The number of benzene rings is 1. The summed E-state index contributed by atoms with van der Waals surface area (Å²) in [5.41, 5.74) is -1.08. The molecule has 4 rings (SSSR count). The molecular weight excluding hydrogens is 726 g/mol. The number of ether oxygens (including phenoxy) is 9. The van der Waals surface area contributed by atoms with Crippen molar-refractivity contribution >= 4 is 59.4 Å². The Hall–Kier alpha value is -4.59. The first-order valence-corrected chi connectivity index (χ1v) is 17.6. The normalized spacial score (nSPS) is 29.4. The Morgan fingerprint density at radius 2 is 1.06 bits per heavy atom. The average Bonchev–Trinajstić information content (AvgIpc) is 3.31. The van der Waals surface area contributed by atoms with Crippen molar-refractivity contribution in [3.63, 3.8) is 0 Å². The van der Waals surface area contributed by atoms with Crippen LogP contribution in [-0.2, 0) is 71.4 Å². The highest BCUT2D eigenvalue weighted by Gasteiger charge is 2.60. The quantitative estimate of drug-likeness (QED) is 0.156. The van der Waals surface area contributed by atoms with E-state index < -0.39 is 121 Å². The standard InChI is InChI=1S/C34H41NO17S/c1-8-53-34-30(29(49-20(7)41)27(47-18(5)39)24(51-34)14-45-16(3)37)52-33-25(35-31(42)21-11-9-10-12-22(21)32(35)43)28(48-19(6)40)26(46-17(4)38)23(50-33)13-44-15(2)36/h9-12,23-30,33-34H,8,13-14H2,1-7H3/t23-,24-,25-,26-,27-,28-,29+,30+,33+,34-/m1/s1. The lowest BCUT2D eigenvalue weighted by atomic mass is 9.94. The van der Waals surface area contributed by atoms with Gasteiger partial charge in [-0.15, -0.1) is 11.8 Å². The molecule has 3 aliphatic rings. The van der Waals surface area contributed by atoms with Crippen LogP contribution in [0.4, 0.5) is 0 Å². The van der Waals surface area contributed by atoms with Crippen LogP contribution in [0.1, 0.15) is 69.2 Å². The van der Waals surface area contributed by atoms with E-state index >= 15 is 0 Å². The first-order chi connectivity index (χ1) is 25.0. The lowest BCUT2D eigenvalue weighted by molar-refractivity contribution is -0.322. The molecule has 2 amide bonds. The number of fused-ring (bicyclic) bond motifs is 1. The number of rotatable bonds is 13. The molecule has 2 saturated heterocycles. The Kier molecular flexibility index (Phi) is 13.9. The van der Waals surface area contributed by atoms with Crippen LogP contribution in [0.2, 0.25) is 0 Å². The molecule has 18 nitrogen and oxygen atoms in total. The van der Waals surface area contributed by atoms with Crippen molar-refractivity contribution in [3.05, 3.63) is 35.4 Å². The van der Waals surface area contributed by atoms with E-state index in [0.717, 1.165) is 58.2 Å². The molecule has 19 heteroatoms. The largest absolute Gasteiger partial charge is 0.463 e. The molecule has 2 fully saturated rings. The van der Waals surface area contributed by atoms with Crippen LogP contribution >= 0.6 is 11.8 Å². The highest BCUT2D eigenvalue weighted by molar-refractivity contribution is 7.99. The molecule has 0 aromatic heterocycles. The van der Waals surface area contributed by atoms with Gasteiger partial charge in [-0.2, -0.15) is 0 Å². The number of nitrogens with zero attached hydrogens (tertiary/aromatic N) is 1. The third kappa shape index (κ3) is 9.89. The van der Waals surface area contributed by atoms with Crippen molar-refractivity contribution < 1.29 is 81.0 Å². The molecule has 0 saturated carbocycles. The number of hydrogen-bond acceptors (Lipinski definition) is 18. The number of amides is 2. The van der Waals surface area contributed by atoms with Crippen LogP contribution in [0.25, 0.3) is 0 Å². The molecule has 53 heavy (non-hydrogen) atoms. The fourth-order valence-electron chi connectivity index (χ4n) is 6.22. The Bertz CT molecular complexity index is 1560. The lowest BCUT2D eigenvalue weighted by Gasteiger charge is -2.50. The van der Waals surface area contributed by atoms with Gasteiger partial charge in [0, 0.05) is 41.5 Å². The Morgan fingerprint density at radius 1 is 0.623 bits per heavy atom. The van der Waals surface area contributed by atoms with E-state index in [0.29, 0.717) is 5.75 Å². The number of imide groups is 1. The van der Waals surface area contributed by atoms with E-state index in [-0.39, 0.29) is 11.1 Å². The van der Waals surface area contributed by atoms with Crippen molar-refractivity contribution in [2.24, 2.45) is 0 Å². The second-order valence-electron chi connectivity index (χ2n) is 12.1. The molecule has 0 radical (unpaired) electrons. The molecule has 0 spiro atoms. The zero-order valence-electron chi connectivity index (χ0n) is 30.0. The van der Waals surface area contributed by atoms with Gasteiger partial charge in [0.1, 0.15) is 43.0 Å². The van der Waals surface area contributed by atoms with Gasteiger partial charge in [0.2, 0.25) is 0 Å². The minimum Gasteiger partial charge on any atom is -0.463 e. The molecule has 0 unspecified atom stereocenters. The SMILES string of the molecule is CCS[C@H]1O[C@H](COC(C)=O)[C@@H](OC(C)=O)[C@H](OC(C)=O)[C@@H]1O[C@@H]1O[C@H](COC(C)=O)[C@@H](OC(C)=O)[C@H](OC(C)=O)[C@H]1N1C(=O)c2ccccc2C1=O. The number of carbonyl (C=O) groups is 8. The molecule has 1 aromatic rings. The second-order valence-corrected chi connectivity index (χ2v) is 13.4. The van der Waals surface area contributed by atoms with Crippen molar-refractivity contribution in [2.75, 3.05) is 19.0 Å². The van der Waals surface area contributed by atoms with E-state index in [2.05, 4.69) is 0 Å². The fourth-order valence-corrected chi connectivity index (χ4v) is 7.18. The third-order valence-corrected chi connectivity index (χ3v) is 9.10. The van der Waals surface area contributed by atoms with E-state index in [4.69, 9.17) is 42.6 Å². The summed E-state index contributed by atoms with van der Waals surface area (Å²) in [5, 5.41) is 0. The summed E-state index contributed by atoms with van der Waals surface area (Å²) in [7, 11) is 0. The van der Waals surface area contributed by atoms with Gasteiger partial charge in [0.05, 0.1) is 11.1 Å². The highest BCUT2D eigenvalue weighted by Crippen LogP contribution is 2.40. The molecule has 1 aromatic carbocycles. The Morgan fingerprint density at radius 3 is 1.51 bits per heavy atom. The van der Waals surface area contributed by atoms with Crippen molar-refractivity contribution in [1.29, 1.82) is 0 Å². The molecule has 0 bridgehead atoms. The molecular formula is C34H41NO17S. The molecule has 0 aliphatic carbocycles. The summed E-state index contributed by atoms with van der Waals surface area (Å²) in [6, 6.07) is 4.19. The molecule has 0 N–H and O–H groups in total. The van der Waals surface area contributed by atoms with Crippen LogP contribution in [0.15, 0.2) is 24.3 Å². The summed E-state index contributed by atoms with van der Waals surface area (Å²) < 4.78 is 51.9. The van der Waals surface area contributed by atoms with Gasteiger partial charge in [-0.3, -0.25) is 43.3 Å². The third-order valence-electron chi connectivity index (χ3n) is 8.06. The van der Waals surface area contributed by atoms with E-state index in [1.165, 1.54) is 24.3 Å². The van der Waals surface area contributed by atoms with Gasteiger partial charge in [0.15, 0.2) is 30.7 Å². The first kappa shape index (κ1) is 41.2. The van der Waals surface area contributed by atoms with Gasteiger partial charge in [-0.25, -0.2) is 0 Å². The minimum absolute atomic E-state index is 0.00494. The van der Waals surface area contributed by atoms with E-state index in [1.807, 2.05) is 0 Å².